The van der Waals surface area contributed by atoms with Gasteiger partial charge in [-0.3, -0.25) is 20.2 Å². The average Bonchev–Trinajstić information content (AvgIpc) is 2.83. The zero-order chi connectivity index (χ0) is 24.8. The predicted octanol–water partition coefficient (Wildman–Crippen LogP) is 6.72. The van der Waals surface area contributed by atoms with Crippen molar-refractivity contribution in [3.05, 3.63) is 114 Å². The lowest BCUT2D eigenvalue weighted by Crippen LogP contribution is -1.94. The van der Waals surface area contributed by atoms with E-state index >= 15 is 0 Å². The molecule has 3 rings (SSSR count). The maximum atomic E-state index is 11.4. The predicted molar refractivity (Wildman–Crippen MR) is 130 cm³/mol. The smallest absolute Gasteiger partial charge is 0.258 e. The molecule has 3 aromatic rings. The largest absolute Gasteiger partial charge is 0.279 e. The number of hydrogen-bond donors (Lipinski definition) is 0. The molecule has 0 N–H and O–H groups in total. The van der Waals surface area contributed by atoms with E-state index < -0.39 is 9.85 Å². The van der Waals surface area contributed by atoms with Crippen LogP contribution in [0, 0.1) is 42.9 Å². The first-order chi connectivity index (χ1) is 16.2. The van der Waals surface area contributed by atoms with Crippen LogP contribution in [-0.2, 0) is 0 Å². The molecule has 0 unspecified atom stereocenters. The zero-order valence-corrected chi connectivity index (χ0v) is 18.6. The van der Waals surface area contributed by atoms with E-state index in [1.165, 1.54) is 36.4 Å². The van der Waals surface area contributed by atoms with E-state index in [9.17, 15) is 20.2 Å². The molecule has 0 saturated carbocycles. The van der Waals surface area contributed by atoms with E-state index in [1.807, 2.05) is 12.1 Å². The van der Waals surface area contributed by atoms with Gasteiger partial charge in [0, 0.05) is 12.1 Å². The van der Waals surface area contributed by atoms with Gasteiger partial charge < -0.3 is 0 Å². The lowest BCUT2D eigenvalue weighted by molar-refractivity contribution is -0.385. The van der Waals surface area contributed by atoms with Gasteiger partial charge in [0.15, 0.2) is 0 Å². The SMILES string of the molecule is N#Cc1ccc(C(Cl)=Cc2cccc(C=C(Cl)c3ccc(C#N)cc3[N+](=O)[O-])c2)c([N+](=O)[O-])c1. The van der Waals surface area contributed by atoms with Crippen molar-refractivity contribution in [2.45, 2.75) is 0 Å². The van der Waals surface area contributed by atoms with Gasteiger partial charge in [-0.2, -0.15) is 10.5 Å². The van der Waals surface area contributed by atoms with Crippen LogP contribution in [0.3, 0.4) is 0 Å². The van der Waals surface area contributed by atoms with Crippen LogP contribution in [0.2, 0.25) is 0 Å². The van der Waals surface area contributed by atoms with Gasteiger partial charge in [-0.05, 0) is 53.6 Å². The first-order valence-corrected chi connectivity index (χ1v) is 10.2. The lowest BCUT2D eigenvalue weighted by Gasteiger charge is -2.05. The van der Waals surface area contributed by atoms with Crippen LogP contribution in [-0.4, -0.2) is 9.85 Å². The van der Waals surface area contributed by atoms with Gasteiger partial charge in [-0.15, -0.1) is 0 Å². The molecule has 0 aliphatic heterocycles. The van der Waals surface area contributed by atoms with Gasteiger partial charge in [-0.25, -0.2) is 0 Å². The molecule has 166 valence electrons. The first kappa shape index (κ1) is 24.1. The summed E-state index contributed by atoms with van der Waals surface area (Å²) < 4.78 is 0. The summed E-state index contributed by atoms with van der Waals surface area (Å²) in [6.45, 7) is 0. The Hall–Kier alpha value is -4.50. The Kier molecular flexibility index (Phi) is 7.39. The number of nitrogens with zero attached hydrogens (tertiary/aromatic N) is 4. The summed E-state index contributed by atoms with van der Waals surface area (Å²) in [5.74, 6) is 0. The fourth-order valence-corrected chi connectivity index (χ4v) is 3.67. The van der Waals surface area contributed by atoms with E-state index in [1.54, 1.807) is 24.3 Å². The Morgan fingerprint density at radius 1 is 0.735 bits per heavy atom. The second-order valence-corrected chi connectivity index (χ2v) is 7.67. The summed E-state index contributed by atoms with van der Waals surface area (Å²) in [7, 11) is 0. The topological polar surface area (TPSA) is 134 Å². The molecular formula is C24H12Cl2N4O4. The summed E-state index contributed by atoms with van der Waals surface area (Å²) in [5, 5.41) is 40.9. The van der Waals surface area contributed by atoms with Crippen LogP contribution in [0.25, 0.3) is 22.2 Å². The Balaban J connectivity index is 1.99. The maximum Gasteiger partial charge on any atom is 0.279 e. The average molecular weight is 491 g/mol. The molecule has 34 heavy (non-hydrogen) atoms. The van der Waals surface area contributed by atoms with Crippen molar-refractivity contribution >= 4 is 56.8 Å². The molecule has 0 radical (unpaired) electrons. The third-order valence-corrected chi connectivity index (χ3v) is 5.28. The standard InChI is InChI=1S/C24H12Cl2N4O4/c25-21(19-6-4-17(13-27)11-23(19)29(31)32)9-15-2-1-3-16(8-15)10-22(26)20-7-5-18(14-28)12-24(20)30(33)34/h1-12H. The number of nitriles is 2. The molecule has 8 nitrogen and oxygen atoms in total. The summed E-state index contributed by atoms with van der Waals surface area (Å²) in [6.07, 6.45) is 3.04. The Labute approximate surface area is 203 Å². The van der Waals surface area contributed by atoms with E-state index in [-0.39, 0.29) is 43.7 Å². The van der Waals surface area contributed by atoms with Crippen molar-refractivity contribution in [1.82, 2.24) is 0 Å². The molecule has 3 aromatic carbocycles. The van der Waals surface area contributed by atoms with E-state index in [4.69, 9.17) is 33.7 Å². The molecule has 10 heteroatoms. The van der Waals surface area contributed by atoms with Crippen molar-refractivity contribution in [1.29, 1.82) is 10.5 Å². The number of nitro groups is 2. The highest BCUT2D eigenvalue weighted by molar-refractivity contribution is 6.52. The first-order valence-electron chi connectivity index (χ1n) is 9.45. The fourth-order valence-electron chi connectivity index (χ4n) is 3.10. The van der Waals surface area contributed by atoms with Gasteiger partial charge in [-0.1, -0.05) is 41.4 Å². The van der Waals surface area contributed by atoms with Crippen molar-refractivity contribution in [3.8, 4) is 12.1 Å². The highest BCUT2D eigenvalue weighted by Gasteiger charge is 2.18. The molecule has 0 fully saturated rings. The van der Waals surface area contributed by atoms with Gasteiger partial charge in [0.25, 0.3) is 11.4 Å². The van der Waals surface area contributed by atoms with E-state index in [0.717, 1.165) is 12.1 Å². The molecule has 0 aromatic heterocycles. The zero-order valence-electron chi connectivity index (χ0n) is 17.1. The fraction of sp³-hybridized carbons (Fsp3) is 0. The summed E-state index contributed by atoms with van der Waals surface area (Å²) in [5.41, 5.74) is 1.17. The van der Waals surface area contributed by atoms with Crippen LogP contribution in [0.4, 0.5) is 11.4 Å². The van der Waals surface area contributed by atoms with Gasteiger partial charge >= 0.3 is 0 Å². The second kappa shape index (κ2) is 10.4. The summed E-state index contributed by atoms with van der Waals surface area (Å²) in [6, 6.07) is 18.5. The Morgan fingerprint density at radius 2 is 1.15 bits per heavy atom. The van der Waals surface area contributed by atoms with Crippen LogP contribution in [0.1, 0.15) is 33.4 Å². The van der Waals surface area contributed by atoms with Crippen LogP contribution in [0.15, 0.2) is 60.7 Å². The monoisotopic (exact) mass is 490 g/mol. The minimum absolute atomic E-state index is 0.0890. The molecule has 0 heterocycles. The molecule has 0 spiro atoms. The summed E-state index contributed by atoms with van der Waals surface area (Å²) >= 11 is 12.7. The van der Waals surface area contributed by atoms with E-state index in [2.05, 4.69) is 0 Å². The Morgan fingerprint density at radius 3 is 1.50 bits per heavy atom. The normalized spacial score (nSPS) is 11.4. The van der Waals surface area contributed by atoms with Gasteiger partial charge in [0.1, 0.15) is 0 Å². The molecule has 0 bridgehead atoms. The quantitative estimate of drug-likeness (QED) is 0.213. The van der Waals surface area contributed by atoms with Gasteiger partial charge in [0.2, 0.25) is 0 Å². The van der Waals surface area contributed by atoms with E-state index in [0.29, 0.717) is 11.1 Å². The molecule has 0 aliphatic carbocycles. The molecule has 0 aliphatic rings. The molecule has 0 amide bonds. The van der Waals surface area contributed by atoms with Crippen LogP contribution >= 0.6 is 23.2 Å². The highest BCUT2D eigenvalue weighted by Crippen LogP contribution is 2.33. The third-order valence-electron chi connectivity index (χ3n) is 4.66. The lowest BCUT2D eigenvalue weighted by atomic mass is 10.0. The van der Waals surface area contributed by atoms with Crippen LogP contribution < -0.4 is 0 Å². The second-order valence-electron chi connectivity index (χ2n) is 6.86. The number of nitro benzene ring substituents is 2. The number of halogens is 2. The molecular weight excluding hydrogens is 479 g/mol. The minimum Gasteiger partial charge on any atom is -0.258 e. The number of rotatable bonds is 6. The van der Waals surface area contributed by atoms with Crippen molar-refractivity contribution in [2.75, 3.05) is 0 Å². The Bertz CT molecular complexity index is 1360. The molecule has 0 atom stereocenters. The number of hydrogen-bond acceptors (Lipinski definition) is 6. The number of benzene rings is 3. The van der Waals surface area contributed by atoms with Crippen molar-refractivity contribution < 1.29 is 9.85 Å². The van der Waals surface area contributed by atoms with Crippen molar-refractivity contribution in [3.63, 3.8) is 0 Å². The third kappa shape index (κ3) is 5.45. The minimum atomic E-state index is -0.615. The van der Waals surface area contributed by atoms with Crippen LogP contribution in [0.5, 0.6) is 0 Å². The highest BCUT2D eigenvalue weighted by atomic mass is 35.5. The maximum absolute atomic E-state index is 11.4. The van der Waals surface area contributed by atoms with Crippen molar-refractivity contribution in [2.24, 2.45) is 0 Å². The molecule has 0 saturated heterocycles. The summed E-state index contributed by atoms with van der Waals surface area (Å²) in [4.78, 5) is 21.6. The van der Waals surface area contributed by atoms with Gasteiger partial charge in [0.05, 0.1) is 54.3 Å².